The van der Waals surface area contributed by atoms with Gasteiger partial charge in [0.25, 0.3) is 0 Å². The lowest BCUT2D eigenvalue weighted by molar-refractivity contribution is -0.145. The van der Waals surface area contributed by atoms with Crippen molar-refractivity contribution in [3.05, 3.63) is 0 Å². The van der Waals surface area contributed by atoms with Crippen LogP contribution in [0.2, 0.25) is 0 Å². The summed E-state index contributed by atoms with van der Waals surface area (Å²) < 4.78 is 33.1. The van der Waals surface area contributed by atoms with E-state index in [2.05, 4.69) is 57.9 Å². The van der Waals surface area contributed by atoms with Crippen LogP contribution in [0.15, 0.2) is 0 Å². The number of ether oxygens (including phenoxy) is 7. The second kappa shape index (κ2) is 73.5. The highest BCUT2D eigenvalue weighted by molar-refractivity contribution is 5.75. The van der Waals surface area contributed by atoms with Crippen molar-refractivity contribution in [2.75, 3.05) is 47.3 Å². The number of carbonyl (C=O) groups is 9. The van der Waals surface area contributed by atoms with E-state index in [1.807, 2.05) is 111 Å². The lowest BCUT2D eigenvalue weighted by Gasteiger charge is -2.04. The van der Waals surface area contributed by atoms with Gasteiger partial charge in [-0.2, -0.15) is 0 Å². The maximum Gasteiger partial charge on any atom is 0.306 e. The van der Waals surface area contributed by atoms with Gasteiger partial charge in [0.2, 0.25) is 0 Å². The zero-order valence-corrected chi connectivity index (χ0v) is 58.2. The van der Waals surface area contributed by atoms with Gasteiger partial charge in [-0.05, 0) is 119 Å². The van der Waals surface area contributed by atoms with Gasteiger partial charge in [0.1, 0.15) is 5.78 Å². The van der Waals surface area contributed by atoms with Crippen LogP contribution in [-0.4, -0.2) is 106 Å². The first kappa shape index (κ1) is 97.5. The van der Waals surface area contributed by atoms with E-state index in [0.29, 0.717) is 138 Å². The van der Waals surface area contributed by atoms with Gasteiger partial charge in [0.15, 0.2) is 0 Å². The highest BCUT2D eigenvalue weighted by atomic mass is 16.6. The molecule has 0 amide bonds. The highest BCUT2D eigenvalue weighted by Gasteiger charge is 2.08. The molecule has 83 heavy (non-hydrogen) atoms. The molecule has 0 rings (SSSR count). The third-order valence-electron chi connectivity index (χ3n) is 9.47. The number of methoxy groups -OCH3 is 2. The fraction of sp³-hybridized carbons (Fsp3) is 0.864. The molecular weight excluding hydrogens is 1060 g/mol. The maximum absolute atomic E-state index is 10.9. The lowest BCUT2D eigenvalue weighted by Crippen LogP contribution is -2.08. The highest BCUT2D eigenvalue weighted by Crippen LogP contribution is 2.07. The van der Waals surface area contributed by atoms with Crippen molar-refractivity contribution in [1.29, 1.82) is 0 Å². The Morgan fingerprint density at radius 1 is 0.313 bits per heavy atom. The topological polar surface area (TPSA) is 238 Å². The van der Waals surface area contributed by atoms with Crippen molar-refractivity contribution in [3.8, 4) is 0 Å². The minimum absolute atomic E-state index is 0.0550. The molecule has 0 aliphatic rings. The molecule has 0 aliphatic heterocycles. The largest absolute Gasteiger partial charge is 0.481 e. The van der Waals surface area contributed by atoms with Gasteiger partial charge in [-0.25, -0.2) is 0 Å². The normalized spacial score (nSPS) is 9.92. The molecule has 0 radical (unpaired) electrons. The molecule has 0 aliphatic carbocycles. The number of unbranched alkanes of at least 4 members (excludes halogenated alkanes) is 1. The Labute approximate surface area is 509 Å². The maximum atomic E-state index is 10.9. The Morgan fingerprint density at radius 2 is 0.578 bits per heavy atom. The lowest BCUT2D eigenvalue weighted by atomic mass is 10.1. The van der Waals surface area contributed by atoms with Crippen LogP contribution in [0.5, 0.6) is 0 Å². The van der Waals surface area contributed by atoms with Gasteiger partial charge in [0, 0.05) is 57.8 Å². The minimum atomic E-state index is -0.696. The standard InChI is InChI=1S/2C9H18O2.2C8H16O2.2C7H14O2.2C6H12O2.C6H12O/c1-4-7-11-9(10)6-5-8(2)3;1-4-5-6-11-9(10)7-8(2)3;1-4-10-8(9)6-5-7(2)3;1-4-5-10-8(9)6-7(2)3;1-6(2)4-5-7(8)9-3;1-4-9-7(8)5-6(2)3;1-5(2)4-6(7)8-3;1-5(2)3-4-6(7)8;1-5(2)4-6(3)7/h2*8H,4-7H2,1-3H3;2*7H,4-6H2,1-3H3;2*6H,4-5H2,1-3H3;5H,4H2,1-3H3;5H,3-4H2,1-2H3,(H,7,8);5H,4H2,1-3H3. The van der Waals surface area contributed by atoms with Gasteiger partial charge in [-0.1, -0.05) is 152 Å². The summed E-state index contributed by atoms with van der Waals surface area (Å²) >= 11 is 0. The second-order valence-corrected chi connectivity index (χ2v) is 23.6. The molecule has 0 atom stereocenters. The van der Waals surface area contributed by atoms with E-state index in [9.17, 15) is 43.2 Å². The summed E-state index contributed by atoms with van der Waals surface area (Å²) in [5.74, 6) is 3.42. The summed E-state index contributed by atoms with van der Waals surface area (Å²) in [7, 11) is 2.83. The Bertz CT molecular complexity index is 1500. The third-order valence-corrected chi connectivity index (χ3v) is 9.47. The second-order valence-electron chi connectivity index (χ2n) is 23.6. The fourth-order valence-electron chi connectivity index (χ4n) is 5.13. The van der Waals surface area contributed by atoms with Crippen LogP contribution in [0, 0.1) is 53.3 Å². The number of rotatable bonds is 31. The third kappa shape index (κ3) is 129. The minimum Gasteiger partial charge on any atom is -0.481 e. The summed E-state index contributed by atoms with van der Waals surface area (Å²) in [4.78, 5) is 95.0. The first-order chi connectivity index (χ1) is 38.4. The monoisotopic (exact) mass is 1200 g/mol. The molecule has 0 spiro atoms. The quantitative estimate of drug-likeness (QED) is 0.0385. The predicted molar refractivity (Wildman–Crippen MR) is 338 cm³/mol. The van der Waals surface area contributed by atoms with Crippen molar-refractivity contribution in [2.24, 2.45) is 53.3 Å². The molecule has 1 N–H and O–H groups in total. The van der Waals surface area contributed by atoms with E-state index in [1.165, 1.54) is 14.2 Å². The van der Waals surface area contributed by atoms with Gasteiger partial charge in [-0.15, -0.1) is 0 Å². The number of carbonyl (C=O) groups excluding carboxylic acids is 8. The summed E-state index contributed by atoms with van der Waals surface area (Å²) in [5.41, 5.74) is 0. The van der Waals surface area contributed by atoms with Gasteiger partial charge >= 0.3 is 47.8 Å². The number of carboxylic acid groups (broad SMARTS) is 1. The number of ketones is 1. The molecule has 0 saturated carbocycles. The van der Waals surface area contributed by atoms with E-state index in [-0.39, 0.29) is 47.6 Å². The average molecular weight is 1200 g/mol. The number of esters is 7. The first-order valence-electron chi connectivity index (χ1n) is 31.0. The van der Waals surface area contributed by atoms with Crippen LogP contribution in [0.1, 0.15) is 275 Å². The first-order valence-corrected chi connectivity index (χ1v) is 31.0. The Morgan fingerprint density at radius 3 is 0.807 bits per heavy atom. The molecule has 0 saturated heterocycles. The number of hydrogen-bond acceptors (Lipinski definition) is 16. The molecule has 0 bridgehead atoms. The SMILES string of the molecule is CC(=O)CC(C)C.CC(C)CCC(=O)O.CCCCOC(=O)CC(C)C.CCCOC(=O)CC(C)C.CCCOC(=O)CCC(C)C.CCOC(=O)CC(C)C.CCOC(=O)CCC(C)C.COC(=O)CC(C)C.COC(=O)CCC(C)C. The number of Topliss-reactive ketones (excluding diaryl/α,β-unsaturated/α-hetero) is 1. The Kier molecular flexibility index (Phi) is 86.4. The van der Waals surface area contributed by atoms with Crippen LogP contribution in [0.3, 0.4) is 0 Å². The van der Waals surface area contributed by atoms with E-state index in [1.54, 1.807) is 6.92 Å². The molecule has 17 nitrogen and oxygen atoms in total. The fourth-order valence-corrected chi connectivity index (χ4v) is 5.13. The number of carboxylic acids is 1. The molecule has 17 heteroatoms. The molecule has 0 heterocycles. The molecule has 0 aromatic rings. The smallest absolute Gasteiger partial charge is 0.306 e. The molecule has 0 fully saturated rings. The summed E-state index contributed by atoms with van der Waals surface area (Å²) in [6, 6.07) is 0. The van der Waals surface area contributed by atoms with E-state index in [0.717, 1.165) is 57.8 Å². The zero-order chi connectivity index (χ0) is 66.9. The van der Waals surface area contributed by atoms with Crippen molar-refractivity contribution >= 4 is 53.5 Å². The average Bonchev–Trinajstić information content (AvgIpc) is 3.35. The van der Waals surface area contributed by atoms with Gasteiger partial charge in [-0.3, -0.25) is 38.4 Å². The summed E-state index contributed by atoms with van der Waals surface area (Å²) in [6.07, 6.45) is 12.3. The predicted octanol–water partition coefficient (Wildman–Crippen LogP) is 16.2. The van der Waals surface area contributed by atoms with Crippen LogP contribution in [0.4, 0.5) is 0 Å². The van der Waals surface area contributed by atoms with Crippen LogP contribution in [-0.2, 0) is 76.3 Å². The number of aliphatic carboxylic acids is 1. The Hall–Kier alpha value is -4.57. The van der Waals surface area contributed by atoms with Crippen molar-refractivity contribution in [3.63, 3.8) is 0 Å². The van der Waals surface area contributed by atoms with Crippen molar-refractivity contribution in [2.45, 2.75) is 275 Å². The summed E-state index contributed by atoms with van der Waals surface area (Å²) in [5, 5.41) is 8.16. The Balaban J connectivity index is -0.000000106. The van der Waals surface area contributed by atoms with Crippen LogP contribution >= 0.6 is 0 Å². The van der Waals surface area contributed by atoms with E-state index in [4.69, 9.17) is 28.8 Å². The molecule has 0 aromatic carbocycles. The van der Waals surface area contributed by atoms with E-state index >= 15 is 0 Å². The van der Waals surface area contributed by atoms with E-state index < -0.39 is 5.97 Å². The van der Waals surface area contributed by atoms with Crippen LogP contribution < -0.4 is 0 Å². The van der Waals surface area contributed by atoms with Crippen molar-refractivity contribution < 1.29 is 81.4 Å². The molecular formula is C66H132O17. The molecule has 498 valence electrons. The number of hydrogen-bond donors (Lipinski definition) is 1. The van der Waals surface area contributed by atoms with Crippen molar-refractivity contribution in [1.82, 2.24) is 0 Å². The summed E-state index contributed by atoms with van der Waals surface area (Å²) in [6.45, 7) is 50.7. The molecule has 0 unspecified atom stereocenters. The zero-order valence-electron chi connectivity index (χ0n) is 58.2. The van der Waals surface area contributed by atoms with Gasteiger partial charge in [0.05, 0.1) is 47.3 Å². The van der Waals surface area contributed by atoms with Crippen LogP contribution in [0.25, 0.3) is 0 Å². The van der Waals surface area contributed by atoms with Gasteiger partial charge < -0.3 is 43.1 Å². The molecule has 0 aromatic heterocycles.